The van der Waals surface area contributed by atoms with E-state index in [2.05, 4.69) is 69.9 Å². The van der Waals surface area contributed by atoms with Crippen LogP contribution < -0.4 is 5.32 Å². The molecule has 0 bridgehead atoms. The fourth-order valence-corrected chi connectivity index (χ4v) is 3.28. The third-order valence-electron chi connectivity index (χ3n) is 3.75. The molecule has 3 nitrogen and oxygen atoms in total. The second kappa shape index (κ2) is 7.76. The zero-order valence-electron chi connectivity index (χ0n) is 13.1. The van der Waals surface area contributed by atoms with Gasteiger partial charge in [-0.25, -0.2) is 4.98 Å². The number of imidazole rings is 1. The highest BCUT2D eigenvalue weighted by Gasteiger charge is 2.15. The number of benzene rings is 1. The predicted octanol–water partition coefficient (Wildman–Crippen LogP) is 4.16. The third-order valence-corrected chi connectivity index (χ3v) is 4.44. The number of rotatable bonds is 7. The molecule has 0 fully saturated rings. The average Bonchev–Trinajstić information content (AvgIpc) is 2.85. The van der Waals surface area contributed by atoms with Crippen LogP contribution in [-0.2, 0) is 13.5 Å². The van der Waals surface area contributed by atoms with E-state index in [0.29, 0.717) is 6.04 Å². The van der Waals surface area contributed by atoms with E-state index in [4.69, 9.17) is 0 Å². The minimum atomic E-state index is 0.358. The van der Waals surface area contributed by atoms with Crippen molar-refractivity contribution in [2.24, 2.45) is 7.05 Å². The molecule has 2 rings (SSSR count). The Morgan fingerprint density at radius 3 is 2.81 bits per heavy atom. The summed E-state index contributed by atoms with van der Waals surface area (Å²) in [5, 5.41) is 3.66. The van der Waals surface area contributed by atoms with Crippen LogP contribution in [0.15, 0.2) is 35.1 Å². The minimum absolute atomic E-state index is 0.358. The molecule has 0 saturated heterocycles. The first-order valence-electron chi connectivity index (χ1n) is 7.57. The maximum atomic E-state index is 4.42. The van der Waals surface area contributed by atoms with Crippen molar-refractivity contribution in [2.75, 3.05) is 6.54 Å². The van der Waals surface area contributed by atoms with Gasteiger partial charge in [0.2, 0.25) is 0 Å². The van der Waals surface area contributed by atoms with E-state index in [1.54, 1.807) is 0 Å². The van der Waals surface area contributed by atoms with Crippen LogP contribution in [-0.4, -0.2) is 16.1 Å². The van der Waals surface area contributed by atoms with Crippen LogP contribution in [0.25, 0.3) is 0 Å². The quantitative estimate of drug-likeness (QED) is 0.812. The van der Waals surface area contributed by atoms with E-state index < -0.39 is 0 Å². The number of hydrogen-bond donors (Lipinski definition) is 1. The lowest BCUT2D eigenvalue weighted by molar-refractivity contribution is 0.489. The van der Waals surface area contributed by atoms with Crippen LogP contribution in [0.1, 0.15) is 42.8 Å². The van der Waals surface area contributed by atoms with Crippen LogP contribution in [0.3, 0.4) is 0 Å². The van der Waals surface area contributed by atoms with Crippen molar-refractivity contribution in [3.63, 3.8) is 0 Å². The normalized spacial score (nSPS) is 12.6. The molecule has 1 N–H and O–H groups in total. The van der Waals surface area contributed by atoms with Gasteiger partial charge in [-0.2, -0.15) is 0 Å². The van der Waals surface area contributed by atoms with E-state index >= 15 is 0 Å². The average molecular weight is 350 g/mol. The molecule has 1 aromatic carbocycles. The summed E-state index contributed by atoms with van der Waals surface area (Å²) in [6.07, 6.45) is 7.04. The lowest BCUT2D eigenvalue weighted by Gasteiger charge is -2.20. The summed E-state index contributed by atoms with van der Waals surface area (Å²) in [5.41, 5.74) is 2.62. The van der Waals surface area contributed by atoms with Gasteiger partial charge >= 0.3 is 0 Å². The van der Waals surface area contributed by atoms with Crippen LogP contribution in [0.2, 0.25) is 0 Å². The van der Waals surface area contributed by atoms with Crippen LogP contribution in [0.5, 0.6) is 0 Å². The van der Waals surface area contributed by atoms with Crippen molar-refractivity contribution >= 4 is 15.9 Å². The monoisotopic (exact) mass is 349 g/mol. The van der Waals surface area contributed by atoms with Crippen molar-refractivity contribution in [1.29, 1.82) is 0 Å². The molecule has 0 aliphatic rings. The second-order valence-electron chi connectivity index (χ2n) is 5.52. The van der Waals surface area contributed by atoms with Gasteiger partial charge in [-0.3, -0.25) is 0 Å². The number of aryl methyl sites for hydroxylation is 3. The molecule has 1 heterocycles. The van der Waals surface area contributed by atoms with Crippen LogP contribution >= 0.6 is 15.9 Å². The molecule has 1 atom stereocenters. The summed E-state index contributed by atoms with van der Waals surface area (Å²) in [6, 6.07) is 6.96. The Kier molecular flexibility index (Phi) is 6.00. The summed E-state index contributed by atoms with van der Waals surface area (Å²) < 4.78 is 3.29. The van der Waals surface area contributed by atoms with Crippen molar-refractivity contribution in [1.82, 2.24) is 14.9 Å². The minimum Gasteiger partial charge on any atom is -0.338 e. The Bertz CT molecular complexity index is 577. The summed E-state index contributed by atoms with van der Waals surface area (Å²) >= 11 is 3.71. The number of halogens is 1. The molecule has 1 unspecified atom stereocenters. The molecule has 114 valence electrons. The first-order valence-corrected chi connectivity index (χ1v) is 8.36. The number of nitrogens with one attached hydrogen (secondary N) is 1. The standard InChI is InChI=1S/C17H24BrN3/c1-4-9-19-16(7-8-17-20-10-11-21(17)3)14-6-5-13(2)12-15(14)18/h5-6,10-12,16,19H,4,7-9H2,1-3H3. The molecule has 0 radical (unpaired) electrons. The first-order chi connectivity index (χ1) is 10.1. The SMILES string of the molecule is CCCNC(CCc1nccn1C)c1ccc(C)cc1Br. The van der Waals surface area contributed by atoms with Crippen LogP contribution in [0, 0.1) is 6.92 Å². The van der Waals surface area contributed by atoms with Crippen molar-refractivity contribution < 1.29 is 0 Å². The van der Waals surface area contributed by atoms with Crippen molar-refractivity contribution in [3.05, 3.63) is 52.0 Å². The highest BCUT2D eigenvalue weighted by Crippen LogP contribution is 2.27. The Balaban J connectivity index is 2.12. The first kappa shape index (κ1) is 16.2. The second-order valence-corrected chi connectivity index (χ2v) is 6.38. The molecule has 21 heavy (non-hydrogen) atoms. The van der Waals surface area contributed by atoms with E-state index in [0.717, 1.165) is 31.6 Å². The van der Waals surface area contributed by atoms with Crippen molar-refractivity contribution in [2.45, 2.75) is 39.2 Å². The lowest BCUT2D eigenvalue weighted by Crippen LogP contribution is -2.23. The summed E-state index contributed by atoms with van der Waals surface area (Å²) in [4.78, 5) is 4.42. The van der Waals surface area contributed by atoms with Crippen LogP contribution in [0.4, 0.5) is 0 Å². The molecule has 4 heteroatoms. The topological polar surface area (TPSA) is 29.9 Å². The number of aromatic nitrogens is 2. The molecule has 0 aliphatic heterocycles. The smallest absolute Gasteiger partial charge is 0.108 e. The molecule has 2 aromatic rings. The van der Waals surface area contributed by atoms with E-state index in [-0.39, 0.29) is 0 Å². The summed E-state index contributed by atoms with van der Waals surface area (Å²) in [7, 11) is 2.05. The molecule has 1 aromatic heterocycles. The fraction of sp³-hybridized carbons (Fsp3) is 0.471. The lowest BCUT2D eigenvalue weighted by atomic mass is 10.0. The molecule has 0 spiro atoms. The van der Waals surface area contributed by atoms with Gasteiger partial charge in [-0.15, -0.1) is 0 Å². The Morgan fingerprint density at radius 2 is 2.19 bits per heavy atom. The molecular weight excluding hydrogens is 326 g/mol. The number of hydrogen-bond acceptors (Lipinski definition) is 2. The Labute approximate surface area is 135 Å². The van der Waals surface area contributed by atoms with E-state index in [1.165, 1.54) is 15.6 Å². The molecule has 0 saturated carbocycles. The highest BCUT2D eigenvalue weighted by atomic mass is 79.9. The van der Waals surface area contributed by atoms with Gasteiger partial charge < -0.3 is 9.88 Å². The molecule has 0 amide bonds. The van der Waals surface area contributed by atoms with Gasteiger partial charge in [0.15, 0.2) is 0 Å². The number of nitrogens with zero attached hydrogens (tertiary/aromatic N) is 2. The third kappa shape index (κ3) is 4.42. The van der Waals surface area contributed by atoms with E-state index in [1.807, 2.05) is 12.4 Å². The van der Waals surface area contributed by atoms with Gasteiger partial charge in [0.25, 0.3) is 0 Å². The zero-order chi connectivity index (χ0) is 15.2. The summed E-state index contributed by atoms with van der Waals surface area (Å²) in [6.45, 7) is 5.36. The highest BCUT2D eigenvalue weighted by molar-refractivity contribution is 9.10. The largest absolute Gasteiger partial charge is 0.338 e. The maximum Gasteiger partial charge on any atom is 0.108 e. The van der Waals surface area contributed by atoms with Gasteiger partial charge in [-0.1, -0.05) is 35.0 Å². The zero-order valence-corrected chi connectivity index (χ0v) is 14.7. The maximum absolute atomic E-state index is 4.42. The Hall–Kier alpha value is -1.13. The fourth-order valence-electron chi connectivity index (χ4n) is 2.51. The summed E-state index contributed by atoms with van der Waals surface area (Å²) in [5.74, 6) is 1.14. The van der Waals surface area contributed by atoms with Gasteiger partial charge in [0.1, 0.15) is 5.82 Å². The molecule has 0 aliphatic carbocycles. The van der Waals surface area contributed by atoms with Gasteiger partial charge in [0, 0.05) is 36.4 Å². The van der Waals surface area contributed by atoms with Crippen molar-refractivity contribution in [3.8, 4) is 0 Å². The Morgan fingerprint density at radius 1 is 1.38 bits per heavy atom. The van der Waals surface area contributed by atoms with Gasteiger partial charge in [-0.05, 0) is 43.5 Å². The van der Waals surface area contributed by atoms with Gasteiger partial charge in [0.05, 0.1) is 0 Å². The van der Waals surface area contributed by atoms with E-state index in [9.17, 15) is 0 Å². The molecular formula is C17H24BrN3. The predicted molar refractivity (Wildman–Crippen MR) is 91.4 cm³/mol.